The van der Waals surface area contributed by atoms with E-state index in [1.54, 1.807) is 0 Å². The minimum atomic E-state index is -1.23. The van der Waals surface area contributed by atoms with E-state index >= 15 is 0 Å². The highest BCUT2D eigenvalue weighted by Gasteiger charge is 2.29. The molecule has 0 saturated heterocycles. The van der Waals surface area contributed by atoms with Crippen LogP contribution in [0.4, 0.5) is 10.5 Å². The molecule has 8 heteroatoms. The molecule has 0 radical (unpaired) electrons. The third-order valence-electron chi connectivity index (χ3n) is 4.58. The van der Waals surface area contributed by atoms with Crippen LogP contribution in [0.1, 0.15) is 26.7 Å². The highest BCUT2D eigenvalue weighted by molar-refractivity contribution is 7.19. The van der Waals surface area contributed by atoms with Crippen LogP contribution >= 0.6 is 34.5 Å². The molecule has 1 amide bonds. The van der Waals surface area contributed by atoms with Crippen LogP contribution in [-0.2, 0) is 4.74 Å². The van der Waals surface area contributed by atoms with Gasteiger partial charge in [-0.2, -0.15) is 0 Å². The lowest BCUT2D eigenvalue weighted by molar-refractivity contribution is 0.0703. The Hall–Kier alpha value is -2.54. The molecular formula is C20H13Cl2NO4S. The molecule has 2 N–H and O–H groups in total. The quantitative estimate of drug-likeness (QED) is 0.519. The van der Waals surface area contributed by atoms with Gasteiger partial charge in [0.05, 0.1) is 10.7 Å². The van der Waals surface area contributed by atoms with Crippen molar-refractivity contribution in [3.63, 3.8) is 0 Å². The molecule has 5 nitrogen and oxygen atoms in total. The molecule has 142 valence electrons. The average molecular weight is 434 g/mol. The molecule has 0 aliphatic heterocycles. The number of carbonyl (C=O) groups excluding carboxylic acids is 1. The Morgan fingerprint density at radius 3 is 2.18 bits per heavy atom. The van der Waals surface area contributed by atoms with Crippen molar-refractivity contribution in [2.75, 3.05) is 11.9 Å². The lowest BCUT2D eigenvalue weighted by Gasteiger charge is -2.14. The molecular weight excluding hydrogens is 421 g/mol. The van der Waals surface area contributed by atoms with E-state index in [1.807, 2.05) is 48.5 Å². The number of halogens is 2. The maximum atomic E-state index is 12.3. The summed E-state index contributed by atoms with van der Waals surface area (Å²) in [7, 11) is 0. The number of amides is 1. The van der Waals surface area contributed by atoms with E-state index in [9.17, 15) is 14.7 Å². The monoisotopic (exact) mass is 433 g/mol. The molecule has 0 spiro atoms. The second-order valence-corrected chi connectivity index (χ2v) is 8.15. The fourth-order valence-corrected chi connectivity index (χ4v) is 4.73. The molecule has 2 aromatic carbocycles. The van der Waals surface area contributed by atoms with Crippen molar-refractivity contribution in [2.24, 2.45) is 0 Å². The maximum Gasteiger partial charge on any atom is 0.411 e. The van der Waals surface area contributed by atoms with E-state index in [1.165, 1.54) is 0 Å². The van der Waals surface area contributed by atoms with Crippen LogP contribution in [-0.4, -0.2) is 23.8 Å². The predicted octanol–water partition coefficient (Wildman–Crippen LogP) is 6.11. The Bertz CT molecular complexity index is 1050. The number of hydrogen-bond donors (Lipinski definition) is 2. The second kappa shape index (κ2) is 7.47. The van der Waals surface area contributed by atoms with E-state index in [-0.39, 0.29) is 32.4 Å². The number of carboxylic acid groups (broad SMARTS) is 1. The fraction of sp³-hybridized carbons (Fsp3) is 0.100. The number of rotatable bonds is 4. The number of carbonyl (C=O) groups is 2. The van der Waals surface area contributed by atoms with Gasteiger partial charge in [0.2, 0.25) is 0 Å². The van der Waals surface area contributed by atoms with Gasteiger partial charge in [-0.05, 0) is 22.3 Å². The summed E-state index contributed by atoms with van der Waals surface area (Å²) in [5, 5.41) is 11.6. The van der Waals surface area contributed by atoms with Crippen LogP contribution in [0.2, 0.25) is 9.36 Å². The molecule has 3 aromatic rings. The summed E-state index contributed by atoms with van der Waals surface area (Å²) < 4.78 is 5.49. The zero-order valence-corrected chi connectivity index (χ0v) is 16.6. The molecule has 1 aromatic heterocycles. The van der Waals surface area contributed by atoms with Gasteiger partial charge in [0.15, 0.2) is 0 Å². The molecule has 28 heavy (non-hydrogen) atoms. The van der Waals surface area contributed by atoms with Crippen LogP contribution in [0.3, 0.4) is 0 Å². The summed E-state index contributed by atoms with van der Waals surface area (Å²) in [6, 6.07) is 16.0. The van der Waals surface area contributed by atoms with Crippen LogP contribution in [0, 0.1) is 0 Å². The fourth-order valence-electron chi connectivity index (χ4n) is 3.38. The van der Waals surface area contributed by atoms with Gasteiger partial charge in [0.25, 0.3) is 0 Å². The number of anilines is 1. The number of aromatic carboxylic acids is 1. The van der Waals surface area contributed by atoms with E-state index in [2.05, 4.69) is 5.32 Å². The SMILES string of the molecule is O=C(Nc1c(C(=O)O)sc(Cl)c1Cl)OCC1c2ccccc2-c2ccccc21. The van der Waals surface area contributed by atoms with Gasteiger partial charge in [0.1, 0.15) is 15.8 Å². The molecule has 0 fully saturated rings. The van der Waals surface area contributed by atoms with Crippen molar-refractivity contribution >= 4 is 52.3 Å². The second-order valence-electron chi connectivity index (χ2n) is 6.15. The van der Waals surface area contributed by atoms with Crippen molar-refractivity contribution in [3.05, 3.63) is 73.9 Å². The van der Waals surface area contributed by atoms with Crippen LogP contribution in [0.25, 0.3) is 11.1 Å². The Labute approximate surface area is 174 Å². The number of fused-ring (bicyclic) bond motifs is 3. The van der Waals surface area contributed by atoms with Crippen LogP contribution < -0.4 is 5.32 Å². The number of benzene rings is 2. The highest BCUT2D eigenvalue weighted by atomic mass is 35.5. The van der Waals surface area contributed by atoms with Crippen molar-refractivity contribution in [1.29, 1.82) is 0 Å². The molecule has 1 aliphatic carbocycles. The first-order valence-corrected chi connectivity index (χ1v) is 9.87. The number of ether oxygens (including phenoxy) is 1. The van der Waals surface area contributed by atoms with Crippen molar-refractivity contribution in [1.82, 2.24) is 0 Å². The van der Waals surface area contributed by atoms with Gasteiger partial charge in [-0.25, -0.2) is 9.59 Å². The Morgan fingerprint density at radius 2 is 1.61 bits per heavy atom. The minimum Gasteiger partial charge on any atom is -0.477 e. The largest absolute Gasteiger partial charge is 0.477 e. The number of carboxylic acids is 1. The van der Waals surface area contributed by atoms with Crippen molar-refractivity contribution in [2.45, 2.75) is 5.92 Å². The predicted molar refractivity (Wildman–Crippen MR) is 110 cm³/mol. The lowest BCUT2D eigenvalue weighted by Crippen LogP contribution is -2.18. The zero-order valence-electron chi connectivity index (χ0n) is 14.2. The Morgan fingerprint density at radius 1 is 1.04 bits per heavy atom. The van der Waals surface area contributed by atoms with E-state index < -0.39 is 12.1 Å². The summed E-state index contributed by atoms with van der Waals surface area (Å²) in [5.41, 5.74) is 4.35. The average Bonchev–Trinajstić information content (AvgIpc) is 3.16. The van der Waals surface area contributed by atoms with Gasteiger partial charge in [0, 0.05) is 5.92 Å². The molecule has 4 rings (SSSR count). The van der Waals surface area contributed by atoms with E-state index in [0.717, 1.165) is 33.6 Å². The molecule has 1 heterocycles. The molecule has 0 bridgehead atoms. The lowest BCUT2D eigenvalue weighted by atomic mass is 9.98. The Kier molecular flexibility index (Phi) is 5.02. The van der Waals surface area contributed by atoms with Crippen LogP contribution in [0.15, 0.2) is 48.5 Å². The van der Waals surface area contributed by atoms with Gasteiger partial charge in [-0.3, -0.25) is 5.32 Å². The van der Waals surface area contributed by atoms with Gasteiger partial charge >= 0.3 is 12.1 Å². The molecule has 0 atom stereocenters. The number of hydrogen-bond acceptors (Lipinski definition) is 4. The standard InChI is InChI=1S/C20H13Cl2NO4S/c21-15-16(17(19(24)25)28-18(15)22)23-20(26)27-9-14-12-7-3-1-5-10(12)11-6-2-4-8-13(11)14/h1-8,14H,9H2,(H,23,26)(H,24,25). The minimum absolute atomic E-state index is 0.0161. The summed E-state index contributed by atoms with van der Waals surface area (Å²) in [6.45, 7) is 0.109. The summed E-state index contributed by atoms with van der Waals surface area (Å²) in [5.74, 6) is -1.33. The van der Waals surface area contributed by atoms with Gasteiger partial charge < -0.3 is 9.84 Å². The van der Waals surface area contributed by atoms with E-state index in [0.29, 0.717) is 0 Å². The Balaban J connectivity index is 1.53. The van der Waals surface area contributed by atoms with Gasteiger partial charge in [-0.1, -0.05) is 71.7 Å². The topological polar surface area (TPSA) is 75.6 Å². The first-order valence-electron chi connectivity index (χ1n) is 8.30. The molecule has 1 aliphatic rings. The number of nitrogens with one attached hydrogen (secondary N) is 1. The third-order valence-corrected chi connectivity index (χ3v) is 6.55. The van der Waals surface area contributed by atoms with Crippen LogP contribution in [0.5, 0.6) is 0 Å². The summed E-state index contributed by atoms with van der Waals surface area (Å²) >= 11 is 12.7. The first kappa shape index (κ1) is 18.8. The maximum absolute atomic E-state index is 12.3. The number of thiophene rings is 1. The summed E-state index contributed by atoms with van der Waals surface area (Å²) in [6.07, 6.45) is -0.791. The van der Waals surface area contributed by atoms with Crippen molar-refractivity contribution < 1.29 is 19.4 Å². The van der Waals surface area contributed by atoms with E-state index in [4.69, 9.17) is 27.9 Å². The highest BCUT2D eigenvalue weighted by Crippen LogP contribution is 2.45. The molecule has 0 saturated carbocycles. The summed E-state index contributed by atoms with van der Waals surface area (Å²) in [4.78, 5) is 23.5. The van der Waals surface area contributed by atoms with Crippen molar-refractivity contribution in [3.8, 4) is 11.1 Å². The zero-order chi connectivity index (χ0) is 19.8. The van der Waals surface area contributed by atoms with Gasteiger partial charge in [-0.15, -0.1) is 11.3 Å². The smallest absolute Gasteiger partial charge is 0.411 e. The third kappa shape index (κ3) is 3.24. The first-order chi connectivity index (χ1) is 13.5. The molecule has 0 unspecified atom stereocenters. The normalized spacial score (nSPS) is 12.4.